The summed E-state index contributed by atoms with van der Waals surface area (Å²) in [4.78, 5) is 24.2. The van der Waals surface area contributed by atoms with Crippen LogP contribution in [-0.2, 0) is 6.42 Å². The molecular formula is C20H17ClN4O. The zero-order chi connectivity index (χ0) is 17.9. The number of nitrogens with zero attached hydrogens (tertiary/aromatic N) is 2. The van der Waals surface area contributed by atoms with Gasteiger partial charge in [-0.05, 0) is 47.5 Å². The molecule has 1 unspecified atom stereocenters. The van der Waals surface area contributed by atoms with E-state index in [2.05, 4.69) is 32.4 Å². The molecule has 6 heteroatoms. The molecule has 0 spiro atoms. The number of nitrogens with one attached hydrogen (secondary N) is 2. The molecule has 26 heavy (non-hydrogen) atoms. The number of aromatic nitrogens is 2. The molecule has 0 aliphatic carbocycles. The van der Waals surface area contributed by atoms with Crippen molar-refractivity contribution in [2.75, 3.05) is 0 Å². The van der Waals surface area contributed by atoms with Crippen molar-refractivity contribution in [1.29, 1.82) is 0 Å². The molecule has 3 heterocycles. The van der Waals surface area contributed by atoms with Gasteiger partial charge in [0, 0.05) is 47.4 Å². The van der Waals surface area contributed by atoms with E-state index in [1.165, 1.54) is 5.56 Å². The summed E-state index contributed by atoms with van der Waals surface area (Å²) in [5.41, 5.74) is 3.79. The first kappa shape index (κ1) is 16.5. The standard InChI is InChI=1S/C20H17ClN4O/c21-16-6-4-14(5-7-16)20(26)25-18-8-3-13(11-23-18)10-15-12-24-19-17(15)2-1-9-22-19/h1-7,9,11-12,18H,8,10H2,(H,22,24)(H,25,26). The van der Waals surface area contributed by atoms with Crippen molar-refractivity contribution in [2.45, 2.75) is 19.0 Å². The number of allylic oxidation sites excluding steroid dienone is 1. The smallest absolute Gasteiger partial charge is 0.252 e. The summed E-state index contributed by atoms with van der Waals surface area (Å²) in [5.74, 6) is -0.150. The van der Waals surface area contributed by atoms with E-state index >= 15 is 0 Å². The topological polar surface area (TPSA) is 70.1 Å². The average molecular weight is 365 g/mol. The van der Waals surface area contributed by atoms with Gasteiger partial charge >= 0.3 is 0 Å². The molecule has 4 rings (SSSR count). The number of H-pyrrole nitrogens is 1. The second-order valence-electron chi connectivity index (χ2n) is 6.18. The zero-order valence-electron chi connectivity index (χ0n) is 13.9. The van der Waals surface area contributed by atoms with E-state index < -0.39 is 0 Å². The fraction of sp³-hybridized carbons (Fsp3) is 0.150. The summed E-state index contributed by atoms with van der Waals surface area (Å²) < 4.78 is 0. The fourth-order valence-electron chi connectivity index (χ4n) is 2.99. The third kappa shape index (κ3) is 3.53. The quantitative estimate of drug-likeness (QED) is 0.736. The number of fused-ring (bicyclic) bond motifs is 1. The van der Waals surface area contributed by atoms with Gasteiger partial charge in [-0.1, -0.05) is 17.7 Å². The van der Waals surface area contributed by atoms with Crippen molar-refractivity contribution < 1.29 is 4.79 Å². The Kier molecular flexibility index (Phi) is 4.54. The van der Waals surface area contributed by atoms with Gasteiger partial charge in [-0.3, -0.25) is 9.79 Å². The number of rotatable bonds is 4. The fourth-order valence-corrected chi connectivity index (χ4v) is 3.12. The van der Waals surface area contributed by atoms with Gasteiger partial charge in [0.2, 0.25) is 0 Å². The van der Waals surface area contributed by atoms with E-state index in [1.54, 1.807) is 30.5 Å². The van der Waals surface area contributed by atoms with Crippen LogP contribution in [0.15, 0.2) is 65.4 Å². The number of aromatic amines is 1. The maximum atomic E-state index is 12.2. The van der Waals surface area contributed by atoms with Crippen LogP contribution in [0.3, 0.4) is 0 Å². The summed E-state index contributed by atoms with van der Waals surface area (Å²) in [7, 11) is 0. The highest BCUT2D eigenvalue weighted by Gasteiger charge is 2.15. The minimum absolute atomic E-state index is 0.150. The number of pyridine rings is 1. The van der Waals surface area contributed by atoms with Crippen LogP contribution in [0.25, 0.3) is 11.0 Å². The van der Waals surface area contributed by atoms with Gasteiger partial charge in [0.15, 0.2) is 0 Å². The first-order valence-electron chi connectivity index (χ1n) is 8.38. The highest BCUT2D eigenvalue weighted by atomic mass is 35.5. The molecule has 1 aromatic carbocycles. The summed E-state index contributed by atoms with van der Waals surface area (Å²) in [5, 5.41) is 4.66. The highest BCUT2D eigenvalue weighted by molar-refractivity contribution is 6.30. The number of hydrogen-bond acceptors (Lipinski definition) is 3. The Morgan fingerprint density at radius 3 is 2.88 bits per heavy atom. The van der Waals surface area contributed by atoms with E-state index in [4.69, 9.17) is 11.6 Å². The van der Waals surface area contributed by atoms with Crippen LogP contribution in [0, 0.1) is 0 Å². The Morgan fingerprint density at radius 1 is 1.27 bits per heavy atom. The van der Waals surface area contributed by atoms with Crippen molar-refractivity contribution in [3.05, 3.63) is 76.6 Å². The van der Waals surface area contributed by atoms with Crippen molar-refractivity contribution in [3.8, 4) is 0 Å². The molecular weight excluding hydrogens is 348 g/mol. The van der Waals surface area contributed by atoms with E-state index in [0.717, 1.165) is 23.0 Å². The molecule has 0 saturated carbocycles. The Hall–Kier alpha value is -2.92. The lowest BCUT2D eigenvalue weighted by Gasteiger charge is -2.17. The Balaban J connectivity index is 1.38. The highest BCUT2D eigenvalue weighted by Crippen LogP contribution is 2.20. The minimum atomic E-state index is -0.244. The minimum Gasteiger partial charge on any atom is -0.346 e. The van der Waals surface area contributed by atoms with Crippen molar-refractivity contribution >= 4 is 34.8 Å². The molecule has 0 fully saturated rings. The maximum Gasteiger partial charge on any atom is 0.252 e. The lowest BCUT2D eigenvalue weighted by molar-refractivity contribution is 0.0938. The zero-order valence-corrected chi connectivity index (χ0v) is 14.7. The number of aliphatic imine (C=N–C) groups is 1. The third-order valence-corrected chi connectivity index (χ3v) is 4.61. The molecule has 1 amide bonds. The number of carbonyl (C=O) groups is 1. The number of halogens is 1. The Labute approximate surface area is 155 Å². The molecule has 3 aromatic rings. The van der Waals surface area contributed by atoms with E-state index in [0.29, 0.717) is 17.0 Å². The molecule has 0 bridgehead atoms. The first-order valence-corrected chi connectivity index (χ1v) is 8.76. The lowest BCUT2D eigenvalue weighted by Crippen LogP contribution is -2.34. The predicted molar refractivity (Wildman–Crippen MR) is 104 cm³/mol. The Morgan fingerprint density at radius 2 is 2.12 bits per heavy atom. The maximum absolute atomic E-state index is 12.2. The van der Waals surface area contributed by atoms with Gasteiger partial charge in [0.05, 0.1) is 0 Å². The van der Waals surface area contributed by atoms with E-state index in [-0.39, 0.29) is 12.1 Å². The number of dihydropyridines is 1. The van der Waals surface area contributed by atoms with Gasteiger partial charge in [-0.15, -0.1) is 0 Å². The summed E-state index contributed by atoms with van der Waals surface area (Å²) >= 11 is 5.85. The van der Waals surface area contributed by atoms with Crippen molar-refractivity contribution in [3.63, 3.8) is 0 Å². The Bertz CT molecular complexity index is 1000. The SMILES string of the molecule is O=C(NC1CC=C(Cc2c[nH]c3ncccc23)C=N1)c1ccc(Cl)cc1. The molecule has 1 atom stereocenters. The third-order valence-electron chi connectivity index (χ3n) is 4.36. The average Bonchev–Trinajstić information content (AvgIpc) is 3.07. The molecule has 0 saturated heterocycles. The molecule has 5 nitrogen and oxygen atoms in total. The predicted octanol–water partition coefficient (Wildman–Crippen LogP) is 3.92. The van der Waals surface area contributed by atoms with Crippen molar-refractivity contribution in [2.24, 2.45) is 4.99 Å². The molecule has 1 aliphatic rings. The van der Waals surface area contributed by atoms with Gasteiger partial charge in [0.1, 0.15) is 11.8 Å². The lowest BCUT2D eigenvalue weighted by atomic mass is 10.0. The van der Waals surface area contributed by atoms with Crippen LogP contribution in [0.1, 0.15) is 22.3 Å². The van der Waals surface area contributed by atoms with Gasteiger partial charge in [0.25, 0.3) is 5.91 Å². The van der Waals surface area contributed by atoms with Gasteiger partial charge in [-0.25, -0.2) is 4.98 Å². The van der Waals surface area contributed by atoms with Crippen LogP contribution in [0.5, 0.6) is 0 Å². The molecule has 2 aromatic heterocycles. The summed E-state index contributed by atoms with van der Waals surface area (Å²) in [6, 6.07) is 10.8. The molecule has 130 valence electrons. The summed E-state index contributed by atoms with van der Waals surface area (Å²) in [6.07, 6.45) is 8.93. The van der Waals surface area contributed by atoms with E-state index in [9.17, 15) is 4.79 Å². The van der Waals surface area contributed by atoms with Crippen LogP contribution in [-0.4, -0.2) is 28.3 Å². The normalized spacial score (nSPS) is 16.5. The number of hydrogen-bond donors (Lipinski definition) is 2. The molecule has 1 aliphatic heterocycles. The van der Waals surface area contributed by atoms with Gasteiger partial charge < -0.3 is 10.3 Å². The summed E-state index contributed by atoms with van der Waals surface area (Å²) in [6.45, 7) is 0. The van der Waals surface area contributed by atoms with E-state index in [1.807, 2.05) is 18.5 Å². The molecule has 2 N–H and O–H groups in total. The van der Waals surface area contributed by atoms with Crippen LogP contribution in [0.2, 0.25) is 5.02 Å². The second-order valence-corrected chi connectivity index (χ2v) is 6.62. The van der Waals surface area contributed by atoms with Crippen LogP contribution >= 0.6 is 11.6 Å². The van der Waals surface area contributed by atoms with Gasteiger partial charge in [-0.2, -0.15) is 0 Å². The first-order chi connectivity index (χ1) is 12.7. The van der Waals surface area contributed by atoms with Crippen LogP contribution < -0.4 is 5.32 Å². The largest absolute Gasteiger partial charge is 0.346 e. The molecule has 0 radical (unpaired) electrons. The monoisotopic (exact) mass is 364 g/mol. The van der Waals surface area contributed by atoms with Crippen LogP contribution in [0.4, 0.5) is 0 Å². The number of carbonyl (C=O) groups excluding carboxylic acids is 1. The second kappa shape index (κ2) is 7.14. The number of benzene rings is 1. The number of amides is 1. The van der Waals surface area contributed by atoms with Crippen molar-refractivity contribution in [1.82, 2.24) is 15.3 Å².